The van der Waals surface area contributed by atoms with E-state index >= 15 is 0 Å². The number of hydrogen-bond donors (Lipinski definition) is 2. The number of carbonyl (C=O) groups is 2. The van der Waals surface area contributed by atoms with Crippen molar-refractivity contribution >= 4 is 33.4 Å². The molecule has 0 unspecified atom stereocenters. The lowest BCUT2D eigenvalue weighted by Crippen LogP contribution is -2.41. The lowest BCUT2D eigenvalue weighted by molar-refractivity contribution is 0.0702. The number of rotatable bonds is 5. The second-order valence-corrected chi connectivity index (χ2v) is 6.31. The summed E-state index contributed by atoms with van der Waals surface area (Å²) in [6, 6.07) is 1.25. The maximum atomic E-state index is 12.5. The van der Waals surface area contributed by atoms with E-state index < -0.39 is 23.1 Å². The molecule has 2 N–H and O–H groups in total. The Morgan fingerprint density at radius 2 is 2.08 bits per heavy atom. The average Bonchev–Trinajstić information content (AvgIpc) is 3.09. The van der Waals surface area contributed by atoms with Gasteiger partial charge in [0.1, 0.15) is 15.4 Å². The van der Waals surface area contributed by atoms with Gasteiger partial charge in [0.05, 0.1) is 11.6 Å². The highest BCUT2D eigenvalue weighted by Crippen LogP contribution is 2.21. The third kappa shape index (κ3) is 3.11. The molecule has 3 aromatic heterocycles. The van der Waals surface area contributed by atoms with Crippen molar-refractivity contribution in [1.29, 1.82) is 0 Å². The van der Waals surface area contributed by atoms with Crippen LogP contribution in [0.2, 0.25) is 0 Å². The first kappa shape index (κ1) is 17.5. The fourth-order valence-corrected chi connectivity index (χ4v) is 3.32. The lowest BCUT2D eigenvalue weighted by atomic mass is 10.3. The van der Waals surface area contributed by atoms with Crippen LogP contribution in [0.5, 0.6) is 0 Å². The first-order chi connectivity index (χ1) is 12.4. The number of hydrogen-bond acceptors (Lipinski definition) is 7. The second kappa shape index (κ2) is 6.88. The number of thiophene rings is 1. The van der Waals surface area contributed by atoms with Crippen LogP contribution in [0.1, 0.15) is 20.2 Å². The minimum absolute atomic E-state index is 0.0198. The van der Waals surface area contributed by atoms with Crippen LogP contribution in [0.4, 0.5) is 0 Å². The Morgan fingerprint density at radius 3 is 2.73 bits per heavy atom. The van der Waals surface area contributed by atoms with Gasteiger partial charge in [-0.25, -0.2) is 14.6 Å². The van der Waals surface area contributed by atoms with Crippen LogP contribution in [0, 0.1) is 0 Å². The third-order valence-corrected chi connectivity index (χ3v) is 4.84. The highest BCUT2D eigenvalue weighted by Gasteiger charge is 2.17. The van der Waals surface area contributed by atoms with Crippen LogP contribution in [-0.2, 0) is 13.6 Å². The smallest absolute Gasteiger partial charge is 0.345 e. The van der Waals surface area contributed by atoms with Crippen molar-refractivity contribution < 1.29 is 14.7 Å². The maximum absolute atomic E-state index is 12.5. The van der Waals surface area contributed by atoms with Gasteiger partial charge in [-0.15, -0.1) is 11.3 Å². The minimum Gasteiger partial charge on any atom is -0.477 e. The van der Waals surface area contributed by atoms with Crippen molar-refractivity contribution in [3.8, 4) is 0 Å². The van der Waals surface area contributed by atoms with Crippen LogP contribution in [0.15, 0.2) is 34.2 Å². The lowest BCUT2D eigenvalue weighted by Gasteiger charge is -2.09. The molecule has 134 valence electrons. The average molecular weight is 375 g/mol. The molecule has 0 aromatic carbocycles. The van der Waals surface area contributed by atoms with Gasteiger partial charge in [0.2, 0.25) is 0 Å². The number of nitrogens with one attached hydrogen (secondary N) is 1. The van der Waals surface area contributed by atoms with Gasteiger partial charge in [-0.05, 0) is 6.07 Å². The van der Waals surface area contributed by atoms with Crippen LogP contribution >= 0.6 is 11.3 Å². The molecule has 0 saturated heterocycles. The van der Waals surface area contributed by atoms with Crippen molar-refractivity contribution in [1.82, 2.24) is 24.4 Å². The van der Waals surface area contributed by atoms with Gasteiger partial charge in [0, 0.05) is 32.5 Å². The largest absolute Gasteiger partial charge is 0.477 e. The summed E-state index contributed by atoms with van der Waals surface area (Å²) >= 11 is 0.860. The number of carboxylic acids is 1. The fraction of sp³-hybridized carbons (Fsp3) is 0.200. The monoisotopic (exact) mass is 375 g/mol. The Hall–Kier alpha value is -3.34. The number of carboxylic acid groups (broad SMARTS) is 1. The molecule has 0 spiro atoms. The van der Waals surface area contributed by atoms with Gasteiger partial charge in [0.25, 0.3) is 11.5 Å². The number of fused-ring (bicyclic) bond motifs is 1. The Kier molecular flexibility index (Phi) is 4.63. The van der Waals surface area contributed by atoms with E-state index in [0.29, 0.717) is 0 Å². The zero-order chi connectivity index (χ0) is 18.8. The Labute approximate surface area is 149 Å². The van der Waals surface area contributed by atoms with E-state index in [2.05, 4.69) is 15.3 Å². The first-order valence-corrected chi connectivity index (χ1v) is 8.22. The van der Waals surface area contributed by atoms with Crippen molar-refractivity contribution in [2.75, 3.05) is 6.54 Å². The number of aromatic carboxylic acids is 1. The Morgan fingerprint density at radius 1 is 1.31 bits per heavy atom. The quantitative estimate of drug-likeness (QED) is 0.623. The molecular formula is C15H13N5O5S. The van der Waals surface area contributed by atoms with E-state index in [0.717, 1.165) is 15.9 Å². The van der Waals surface area contributed by atoms with Gasteiger partial charge in [-0.3, -0.25) is 23.7 Å². The fourth-order valence-electron chi connectivity index (χ4n) is 2.37. The van der Waals surface area contributed by atoms with Gasteiger partial charge in [0.15, 0.2) is 0 Å². The highest BCUT2D eigenvalue weighted by atomic mass is 32.1. The number of carbonyl (C=O) groups excluding carboxylic acids is 1. The minimum atomic E-state index is -1.17. The number of amides is 1. The van der Waals surface area contributed by atoms with Gasteiger partial charge in [-0.2, -0.15) is 0 Å². The van der Waals surface area contributed by atoms with Gasteiger partial charge < -0.3 is 10.4 Å². The molecule has 1 amide bonds. The molecule has 0 aliphatic rings. The number of aryl methyl sites for hydroxylation is 1. The molecule has 0 fully saturated rings. The van der Waals surface area contributed by atoms with E-state index in [1.807, 2.05) is 0 Å². The summed E-state index contributed by atoms with van der Waals surface area (Å²) in [5, 5.41) is 11.8. The molecule has 3 aromatic rings. The van der Waals surface area contributed by atoms with Crippen LogP contribution in [-0.4, -0.2) is 42.6 Å². The molecule has 11 heteroatoms. The zero-order valence-corrected chi connectivity index (χ0v) is 14.3. The molecule has 0 aliphatic carbocycles. The van der Waals surface area contributed by atoms with E-state index in [4.69, 9.17) is 5.11 Å². The highest BCUT2D eigenvalue weighted by molar-refractivity contribution is 7.20. The van der Waals surface area contributed by atoms with E-state index in [1.165, 1.54) is 36.3 Å². The topological polar surface area (TPSA) is 136 Å². The van der Waals surface area contributed by atoms with Gasteiger partial charge in [-0.1, -0.05) is 0 Å². The molecule has 26 heavy (non-hydrogen) atoms. The van der Waals surface area contributed by atoms with E-state index in [1.54, 1.807) is 0 Å². The summed E-state index contributed by atoms with van der Waals surface area (Å²) < 4.78 is 2.18. The molecule has 0 radical (unpaired) electrons. The third-order valence-electron chi connectivity index (χ3n) is 3.64. The normalized spacial score (nSPS) is 10.8. The van der Waals surface area contributed by atoms with Crippen LogP contribution in [0.3, 0.4) is 0 Å². The Bertz CT molecular complexity index is 1120. The summed E-state index contributed by atoms with van der Waals surface area (Å²) in [4.78, 5) is 55.8. The molecule has 0 bridgehead atoms. The molecule has 3 heterocycles. The first-order valence-electron chi connectivity index (χ1n) is 7.41. The SMILES string of the molecule is Cn1c(=O)n(CCNC(=O)c2cnccn2)c(=O)c2cc(C(=O)O)sc21. The summed E-state index contributed by atoms with van der Waals surface area (Å²) in [5.74, 6) is -1.64. The van der Waals surface area contributed by atoms with Crippen LogP contribution < -0.4 is 16.6 Å². The van der Waals surface area contributed by atoms with Gasteiger partial charge >= 0.3 is 11.7 Å². The summed E-state index contributed by atoms with van der Waals surface area (Å²) in [6.45, 7) is -0.0440. The summed E-state index contributed by atoms with van der Waals surface area (Å²) in [7, 11) is 1.46. The maximum Gasteiger partial charge on any atom is 0.345 e. The number of nitrogens with zero attached hydrogens (tertiary/aromatic N) is 4. The summed E-state index contributed by atoms with van der Waals surface area (Å²) in [6.07, 6.45) is 4.10. The molecule has 0 aliphatic heterocycles. The Balaban J connectivity index is 1.86. The standard InChI is InChI=1S/C15H13N5O5S/c1-19-13-8(6-10(26-13)14(23)24)12(22)20(15(19)25)5-4-18-11(21)9-7-16-2-3-17-9/h2-3,6-7H,4-5H2,1H3,(H,18,21)(H,23,24). The van der Waals surface area contributed by atoms with Crippen molar-refractivity contribution in [3.63, 3.8) is 0 Å². The van der Waals surface area contributed by atoms with E-state index in [9.17, 15) is 19.2 Å². The molecule has 0 atom stereocenters. The second-order valence-electron chi connectivity index (χ2n) is 5.28. The van der Waals surface area contributed by atoms with Crippen LogP contribution in [0.25, 0.3) is 10.2 Å². The zero-order valence-electron chi connectivity index (χ0n) is 13.5. The van der Waals surface area contributed by atoms with Crippen molar-refractivity contribution in [2.24, 2.45) is 7.05 Å². The van der Waals surface area contributed by atoms with E-state index in [-0.39, 0.29) is 33.9 Å². The molecule has 0 saturated carbocycles. The number of aromatic nitrogens is 4. The van der Waals surface area contributed by atoms with Crippen molar-refractivity contribution in [3.05, 3.63) is 56.1 Å². The predicted molar refractivity (Wildman–Crippen MR) is 92.7 cm³/mol. The predicted octanol–water partition coefficient (Wildman–Crippen LogP) is -0.320. The summed E-state index contributed by atoms with van der Waals surface area (Å²) in [5.41, 5.74) is -1.07. The molecular weight excluding hydrogens is 362 g/mol. The molecule has 10 nitrogen and oxygen atoms in total. The molecule has 3 rings (SSSR count). The van der Waals surface area contributed by atoms with Crippen molar-refractivity contribution in [2.45, 2.75) is 6.54 Å².